The predicted molar refractivity (Wildman–Crippen MR) is 75.3 cm³/mol. The topological polar surface area (TPSA) is 24.1 Å². The molecule has 1 aromatic rings. The van der Waals surface area contributed by atoms with Gasteiger partial charge in [-0.1, -0.05) is 31.5 Å². The molecule has 88 valence electrons. The van der Waals surface area contributed by atoms with Crippen LogP contribution in [0.3, 0.4) is 0 Å². The summed E-state index contributed by atoms with van der Waals surface area (Å²) in [5.74, 6) is 0. The van der Waals surface area contributed by atoms with E-state index in [2.05, 4.69) is 24.5 Å². The molecule has 1 rings (SSSR count). The van der Waals surface area contributed by atoms with Gasteiger partial charge in [-0.3, -0.25) is 0 Å². The number of hydrogen-bond donors (Lipinski definition) is 2. The lowest BCUT2D eigenvalue weighted by Crippen LogP contribution is -2.29. The molecular weight excluding hydrogens is 240 g/mol. The Balaban J connectivity index is 2.71. The molecule has 0 saturated heterocycles. The lowest BCUT2D eigenvalue weighted by molar-refractivity contribution is 0.846. The molecule has 2 nitrogen and oxygen atoms in total. The maximum Gasteiger partial charge on any atom is 0.170 e. The van der Waals surface area contributed by atoms with Gasteiger partial charge in [0.1, 0.15) is 0 Å². The predicted octanol–water partition coefficient (Wildman–Crippen LogP) is 3.60. The Morgan fingerprint density at radius 2 is 2.12 bits per heavy atom. The van der Waals surface area contributed by atoms with Crippen molar-refractivity contribution in [1.29, 1.82) is 0 Å². The van der Waals surface area contributed by atoms with Crippen molar-refractivity contribution in [2.75, 3.05) is 11.9 Å². The quantitative estimate of drug-likeness (QED) is 0.805. The fourth-order valence-corrected chi connectivity index (χ4v) is 1.76. The number of halogens is 1. The average molecular weight is 257 g/mol. The maximum absolute atomic E-state index is 5.96. The smallest absolute Gasteiger partial charge is 0.170 e. The van der Waals surface area contributed by atoms with E-state index in [1.54, 1.807) is 0 Å². The zero-order valence-corrected chi connectivity index (χ0v) is 11.2. The summed E-state index contributed by atoms with van der Waals surface area (Å²) >= 11 is 11.1. The molecule has 2 N–H and O–H groups in total. The first-order chi connectivity index (χ1) is 7.67. The van der Waals surface area contributed by atoms with Crippen LogP contribution in [0.1, 0.15) is 25.8 Å². The fourth-order valence-electron chi connectivity index (χ4n) is 1.38. The van der Waals surface area contributed by atoms with Crippen molar-refractivity contribution in [3.8, 4) is 0 Å². The molecule has 16 heavy (non-hydrogen) atoms. The molecule has 0 amide bonds. The lowest BCUT2D eigenvalue weighted by atomic mass is 10.1. The zero-order chi connectivity index (χ0) is 12.0. The molecule has 0 spiro atoms. The molecule has 1 aromatic carbocycles. The molecule has 0 radical (unpaired) electrons. The Morgan fingerprint density at radius 3 is 2.75 bits per heavy atom. The van der Waals surface area contributed by atoms with Crippen LogP contribution in [0.2, 0.25) is 5.02 Å². The minimum atomic E-state index is 0.652. The summed E-state index contributed by atoms with van der Waals surface area (Å²) < 4.78 is 0. The van der Waals surface area contributed by atoms with Crippen LogP contribution in [0.4, 0.5) is 5.69 Å². The molecule has 0 saturated carbocycles. The van der Waals surface area contributed by atoms with E-state index in [1.807, 2.05) is 18.2 Å². The Labute approximate surface area is 107 Å². The number of aryl methyl sites for hydroxylation is 1. The van der Waals surface area contributed by atoms with Gasteiger partial charge in [0, 0.05) is 17.3 Å². The molecule has 0 aliphatic carbocycles. The Hall–Kier alpha value is -0.800. The lowest BCUT2D eigenvalue weighted by Gasteiger charge is -2.13. The van der Waals surface area contributed by atoms with Gasteiger partial charge in [0.2, 0.25) is 0 Å². The van der Waals surface area contributed by atoms with Crippen molar-refractivity contribution in [2.45, 2.75) is 26.7 Å². The first-order valence-corrected chi connectivity index (χ1v) is 6.29. The molecule has 0 fully saturated rings. The van der Waals surface area contributed by atoms with Crippen LogP contribution in [0.5, 0.6) is 0 Å². The molecule has 0 heterocycles. The molecule has 0 aliphatic heterocycles. The zero-order valence-electron chi connectivity index (χ0n) is 9.64. The number of benzene rings is 1. The van der Waals surface area contributed by atoms with Gasteiger partial charge in [-0.05, 0) is 42.8 Å². The third-order valence-corrected chi connectivity index (χ3v) is 2.72. The molecule has 0 unspecified atom stereocenters. The molecular formula is C12H17ClN2S. The summed E-state index contributed by atoms with van der Waals surface area (Å²) in [6.07, 6.45) is 2.01. The first kappa shape index (κ1) is 13.3. The summed E-state index contributed by atoms with van der Waals surface area (Å²) in [6, 6.07) is 5.82. The van der Waals surface area contributed by atoms with E-state index < -0.39 is 0 Å². The second-order valence-corrected chi connectivity index (χ2v) is 4.38. The van der Waals surface area contributed by atoms with Gasteiger partial charge in [0.25, 0.3) is 0 Å². The van der Waals surface area contributed by atoms with Crippen molar-refractivity contribution < 1.29 is 0 Å². The van der Waals surface area contributed by atoms with Gasteiger partial charge in [0.15, 0.2) is 5.11 Å². The Kier molecular flexibility index (Phi) is 5.56. The second kappa shape index (κ2) is 6.71. The summed E-state index contributed by atoms with van der Waals surface area (Å²) in [7, 11) is 0. The summed E-state index contributed by atoms with van der Waals surface area (Å²) in [5, 5.41) is 7.67. The summed E-state index contributed by atoms with van der Waals surface area (Å²) in [5.41, 5.74) is 2.20. The van der Waals surface area contributed by atoms with E-state index in [9.17, 15) is 0 Å². The van der Waals surface area contributed by atoms with Crippen LogP contribution in [0.15, 0.2) is 18.2 Å². The second-order valence-electron chi connectivity index (χ2n) is 3.54. The minimum absolute atomic E-state index is 0.652. The van der Waals surface area contributed by atoms with E-state index >= 15 is 0 Å². The highest BCUT2D eigenvalue weighted by molar-refractivity contribution is 7.80. The molecule has 4 heteroatoms. The van der Waals surface area contributed by atoms with Crippen LogP contribution >= 0.6 is 23.8 Å². The van der Waals surface area contributed by atoms with E-state index in [0.717, 1.165) is 30.1 Å². The summed E-state index contributed by atoms with van der Waals surface area (Å²) in [6.45, 7) is 5.09. The number of rotatable bonds is 4. The molecule has 0 atom stereocenters. The third-order valence-electron chi connectivity index (χ3n) is 2.24. The van der Waals surface area contributed by atoms with E-state index in [1.165, 1.54) is 5.56 Å². The Bertz CT molecular complexity index is 366. The van der Waals surface area contributed by atoms with Crippen LogP contribution in [0, 0.1) is 0 Å². The van der Waals surface area contributed by atoms with E-state index in [4.69, 9.17) is 23.8 Å². The molecule has 0 aromatic heterocycles. The van der Waals surface area contributed by atoms with Crippen LogP contribution in [-0.4, -0.2) is 11.7 Å². The standard InChI is InChI=1S/C12H17ClN2S/c1-3-7-14-12(16)15-11-8-10(13)6-5-9(11)4-2/h5-6,8H,3-4,7H2,1-2H3,(H2,14,15,16). The Morgan fingerprint density at radius 1 is 1.38 bits per heavy atom. The highest BCUT2D eigenvalue weighted by Crippen LogP contribution is 2.21. The highest BCUT2D eigenvalue weighted by Gasteiger charge is 2.03. The van der Waals surface area contributed by atoms with Crippen molar-refractivity contribution in [2.24, 2.45) is 0 Å². The normalized spacial score (nSPS) is 9.94. The monoisotopic (exact) mass is 256 g/mol. The van der Waals surface area contributed by atoms with Crippen molar-refractivity contribution in [3.05, 3.63) is 28.8 Å². The summed E-state index contributed by atoms with van der Waals surface area (Å²) in [4.78, 5) is 0. The van der Waals surface area contributed by atoms with Gasteiger partial charge in [0.05, 0.1) is 0 Å². The third kappa shape index (κ3) is 3.99. The van der Waals surface area contributed by atoms with E-state index in [0.29, 0.717) is 5.11 Å². The number of hydrogen-bond acceptors (Lipinski definition) is 1. The van der Waals surface area contributed by atoms with Crippen molar-refractivity contribution in [1.82, 2.24) is 5.32 Å². The fraction of sp³-hybridized carbons (Fsp3) is 0.417. The largest absolute Gasteiger partial charge is 0.362 e. The van der Waals surface area contributed by atoms with E-state index in [-0.39, 0.29) is 0 Å². The van der Waals surface area contributed by atoms with Gasteiger partial charge >= 0.3 is 0 Å². The van der Waals surface area contributed by atoms with Crippen LogP contribution in [0.25, 0.3) is 0 Å². The van der Waals surface area contributed by atoms with Crippen molar-refractivity contribution >= 4 is 34.6 Å². The molecule has 0 aliphatic rings. The van der Waals surface area contributed by atoms with Crippen LogP contribution < -0.4 is 10.6 Å². The number of thiocarbonyl (C=S) groups is 1. The number of nitrogens with one attached hydrogen (secondary N) is 2. The van der Waals surface area contributed by atoms with Gasteiger partial charge in [-0.2, -0.15) is 0 Å². The highest BCUT2D eigenvalue weighted by atomic mass is 35.5. The van der Waals surface area contributed by atoms with Crippen molar-refractivity contribution in [3.63, 3.8) is 0 Å². The molecule has 0 bridgehead atoms. The minimum Gasteiger partial charge on any atom is -0.362 e. The van der Waals surface area contributed by atoms with Gasteiger partial charge in [-0.15, -0.1) is 0 Å². The van der Waals surface area contributed by atoms with Crippen LogP contribution in [-0.2, 0) is 6.42 Å². The van der Waals surface area contributed by atoms with Gasteiger partial charge in [-0.25, -0.2) is 0 Å². The average Bonchev–Trinajstić information content (AvgIpc) is 2.27. The first-order valence-electron chi connectivity index (χ1n) is 5.50. The maximum atomic E-state index is 5.96. The van der Waals surface area contributed by atoms with Gasteiger partial charge < -0.3 is 10.6 Å². The number of anilines is 1. The SMILES string of the molecule is CCCNC(=S)Nc1cc(Cl)ccc1CC.